The van der Waals surface area contributed by atoms with E-state index in [-0.39, 0.29) is 29.9 Å². The molecule has 3 aliphatic rings. The SMILES string of the molecule is CC1(C)C(NC(=O)c2ccc3occ(Cl)c3c2)C2CCN1CC2.Cl. The zero-order valence-corrected chi connectivity index (χ0v) is 15.4. The lowest BCUT2D eigenvalue weighted by molar-refractivity contribution is -0.0378. The number of rotatable bonds is 2. The maximum atomic E-state index is 12.8. The average Bonchev–Trinajstić information content (AvgIpc) is 2.92. The molecule has 0 aliphatic carbocycles. The van der Waals surface area contributed by atoms with Crippen LogP contribution in [-0.2, 0) is 0 Å². The van der Waals surface area contributed by atoms with Crippen molar-refractivity contribution in [2.45, 2.75) is 38.3 Å². The molecule has 3 saturated heterocycles. The number of amides is 1. The van der Waals surface area contributed by atoms with E-state index < -0.39 is 0 Å². The molecule has 0 spiro atoms. The van der Waals surface area contributed by atoms with E-state index in [1.54, 1.807) is 12.1 Å². The third kappa shape index (κ3) is 2.71. The van der Waals surface area contributed by atoms with Crippen molar-refractivity contribution in [2.24, 2.45) is 5.92 Å². The van der Waals surface area contributed by atoms with Gasteiger partial charge in [0.2, 0.25) is 0 Å². The molecule has 130 valence electrons. The molecule has 5 rings (SSSR count). The van der Waals surface area contributed by atoms with Gasteiger partial charge >= 0.3 is 0 Å². The lowest BCUT2D eigenvalue weighted by atomic mass is 9.72. The van der Waals surface area contributed by atoms with Gasteiger partial charge in [-0.15, -0.1) is 12.4 Å². The first kappa shape index (κ1) is 17.6. The van der Waals surface area contributed by atoms with Gasteiger partial charge in [-0.1, -0.05) is 11.6 Å². The molecule has 1 amide bonds. The van der Waals surface area contributed by atoms with Crippen LogP contribution < -0.4 is 5.32 Å². The molecule has 1 atom stereocenters. The van der Waals surface area contributed by atoms with Crippen LogP contribution in [0.1, 0.15) is 37.0 Å². The summed E-state index contributed by atoms with van der Waals surface area (Å²) in [6.07, 6.45) is 3.84. The molecular formula is C18H22Cl2N2O2. The second kappa shape index (κ2) is 6.25. The minimum absolute atomic E-state index is 0. The van der Waals surface area contributed by atoms with E-state index in [4.69, 9.17) is 16.0 Å². The molecule has 6 heteroatoms. The Morgan fingerprint density at radius 1 is 1.33 bits per heavy atom. The van der Waals surface area contributed by atoms with Crippen LogP contribution in [0.2, 0.25) is 5.02 Å². The van der Waals surface area contributed by atoms with Gasteiger partial charge in [-0.3, -0.25) is 9.69 Å². The Balaban J connectivity index is 0.00000169. The Hall–Kier alpha value is -1.23. The lowest BCUT2D eigenvalue weighted by Gasteiger charge is -2.56. The van der Waals surface area contributed by atoms with Crippen molar-refractivity contribution in [2.75, 3.05) is 13.1 Å². The van der Waals surface area contributed by atoms with Crippen molar-refractivity contribution in [3.63, 3.8) is 0 Å². The summed E-state index contributed by atoms with van der Waals surface area (Å²) in [5.41, 5.74) is 1.34. The van der Waals surface area contributed by atoms with Crippen molar-refractivity contribution in [1.82, 2.24) is 10.2 Å². The Kier molecular flexibility index (Phi) is 4.58. The summed E-state index contributed by atoms with van der Waals surface area (Å²) in [5, 5.41) is 4.60. The minimum atomic E-state index is -0.0315. The molecule has 1 unspecified atom stereocenters. The van der Waals surface area contributed by atoms with Crippen LogP contribution in [0.5, 0.6) is 0 Å². The highest BCUT2D eigenvalue weighted by Gasteiger charge is 2.48. The fourth-order valence-corrected chi connectivity index (χ4v) is 4.43. The number of carbonyl (C=O) groups is 1. The van der Waals surface area contributed by atoms with Gasteiger partial charge in [0.25, 0.3) is 5.91 Å². The largest absolute Gasteiger partial charge is 0.463 e. The van der Waals surface area contributed by atoms with Crippen LogP contribution in [0.15, 0.2) is 28.9 Å². The smallest absolute Gasteiger partial charge is 0.251 e. The van der Waals surface area contributed by atoms with Gasteiger partial charge in [0.05, 0.1) is 5.02 Å². The maximum Gasteiger partial charge on any atom is 0.251 e. The number of furan rings is 1. The highest BCUT2D eigenvalue weighted by atomic mass is 35.5. The quantitative estimate of drug-likeness (QED) is 0.867. The van der Waals surface area contributed by atoms with Gasteiger partial charge in [-0.05, 0) is 63.9 Å². The summed E-state index contributed by atoms with van der Waals surface area (Å²) in [6.45, 7) is 6.75. The van der Waals surface area contributed by atoms with E-state index in [1.165, 1.54) is 19.1 Å². The highest BCUT2D eigenvalue weighted by Crippen LogP contribution is 2.39. The summed E-state index contributed by atoms with van der Waals surface area (Å²) in [7, 11) is 0. The summed E-state index contributed by atoms with van der Waals surface area (Å²) >= 11 is 6.11. The molecule has 4 heterocycles. The first-order valence-electron chi connectivity index (χ1n) is 8.19. The van der Waals surface area contributed by atoms with E-state index in [0.29, 0.717) is 22.1 Å². The fraction of sp³-hybridized carbons (Fsp3) is 0.500. The number of benzene rings is 1. The van der Waals surface area contributed by atoms with Crippen LogP contribution in [0.25, 0.3) is 11.0 Å². The molecule has 3 aliphatic heterocycles. The molecule has 2 aromatic rings. The summed E-state index contributed by atoms with van der Waals surface area (Å²) in [4.78, 5) is 15.2. The van der Waals surface area contributed by atoms with Crippen LogP contribution >= 0.6 is 24.0 Å². The van der Waals surface area contributed by atoms with Crippen molar-refractivity contribution < 1.29 is 9.21 Å². The summed E-state index contributed by atoms with van der Waals surface area (Å²) in [5.74, 6) is 0.538. The maximum absolute atomic E-state index is 12.8. The number of hydrogen-bond acceptors (Lipinski definition) is 3. The van der Waals surface area contributed by atoms with Crippen LogP contribution in [0.3, 0.4) is 0 Å². The molecule has 3 fully saturated rings. The van der Waals surface area contributed by atoms with Crippen molar-refractivity contribution in [1.29, 1.82) is 0 Å². The Labute approximate surface area is 152 Å². The Morgan fingerprint density at radius 3 is 2.71 bits per heavy atom. The average molecular weight is 369 g/mol. The zero-order chi connectivity index (χ0) is 16.2. The number of carbonyl (C=O) groups excluding carboxylic acids is 1. The van der Waals surface area contributed by atoms with E-state index in [2.05, 4.69) is 24.1 Å². The molecular weight excluding hydrogens is 347 g/mol. The first-order chi connectivity index (χ1) is 11.0. The van der Waals surface area contributed by atoms with Gasteiger partial charge in [-0.25, -0.2) is 0 Å². The standard InChI is InChI=1S/C18H21ClN2O2.ClH/c1-18(2)16(11-5-7-21(18)8-6-11)20-17(22)12-3-4-15-13(9-12)14(19)10-23-15;/h3-4,9-11,16H,5-8H2,1-2H3,(H,20,22);1H. The highest BCUT2D eigenvalue weighted by molar-refractivity contribution is 6.35. The Bertz CT molecular complexity index is 763. The minimum Gasteiger partial charge on any atom is -0.463 e. The molecule has 1 N–H and O–H groups in total. The van der Waals surface area contributed by atoms with E-state index in [0.717, 1.165) is 18.5 Å². The molecule has 1 aromatic heterocycles. The number of fused-ring (bicyclic) bond motifs is 4. The monoisotopic (exact) mass is 368 g/mol. The number of piperidine rings is 3. The van der Waals surface area contributed by atoms with E-state index >= 15 is 0 Å². The van der Waals surface area contributed by atoms with Crippen LogP contribution in [0.4, 0.5) is 0 Å². The third-order valence-electron chi connectivity index (χ3n) is 5.66. The predicted octanol–water partition coefficient (Wildman–Crippen LogP) is 4.11. The number of nitrogens with zero attached hydrogens (tertiary/aromatic N) is 1. The molecule has 0 radical (unpaired) electrons. The predicted molar refractivity (Wildman–Crippen MR) is 98.1 cm³/mol. The van der Waals surface area contributed by atoms with Crippen molar-refractivity contribution in [3.8, 4) is 0 Å². The number of nitrogens with one attached hydrogen (secondary N) is 1. The van der Waals surface area contributed by atoms with Crippen molar-refractivity contribution >= 4 is 40.9 Å². The van der Waals surface area contributed by atoms with Gasteiger partial charge in [0.1, 0.15) is 11.8 Å². The number of hydrogen-bond donors (Lipinski definition) is 1. The topological polar surface area (TPSA) is 45.5 Å². The lowest BCUT2D eigenvalue weighted by Crippen LogP contribution is -2.69. The molecule has 4 nitrogen and oxygen atoms in total. The second-order valence-electron chi connectivity index (χ2n) is 7.22. The van der Waals surface area contributed by atoms with Crippen molar-refractivity contribution in [3.05, 3.63) is 35.0 Å². The zero-order valence-electron chi connectivity index (χ0n) is 13.8. The molecule has 1 aromatic carbocycles. The van der Waals surface area contributed by atoms with Gasteiger partial charge in [0, 0.05) is 22.5 Å². The molecule has 0 saturated carbocycles. The number of halogens is 2. The second-order valence-corrected chi connectivity index (χ2v) is 7.63. The van der Waals surface area contributed by atoms with Gasteiger partial charge < -0.3 is 9.73 Å². The van der Waals surface area contributed by atoms with Crippen LogP contribution in [-0.4, -0.2) is 35.5 Å². The Morgan fingerprint density at radius 2 is 2.04 bits per heavy atom. The normalized spacial score (nSPS) is 27.7. The van der Waals surface area contributed by atoms with Gasteiger partial charge in [-0.2, -0.15) is 0 Å². The molecule has 24 heavy (non-hydrogen) atoms. The van der Waals surface area contributed by atoms with Crippen LogP contribution in [0, 0.1) is 5.92 Å². The third-order valence-corrected chi connectivity index (χ3v) is 5.95. The fourth-order valence-electron chi connectivity index (χ4n) is 4.24. The first-order valence-corrected chi connectivity index (χ1v) is 8.57. The summed E-state index contributed by atoms with van der Waals surface area (Å²) < 4.78 is 5.34. The summed E-state index contributed by atoms with van der Waals surface area (Å²) in [6, 6.07) is 5.60. The van der Waals surface area contributed by atoms with Gasteiger partial charge in [0.15, 0.2) is 0 Å². The molecule has 2 bridgehead atoms. The van der Waals surface area contributed by atoms with E-state index in [1.807, 2.05) is 6.07 Å². The van der Waals surface area contributed by atoms with E-state index in [9.17, 15) is 4.79 Å².